The summed E-state index contributed by atoms with van der Waals surface area (Å²) in [5, 5.41) is 2.72. The Labute approximate surface area is 136 Å². The molecule has 0 saturated heterocycles. The van der Waals surface area contributed by atoms with E-state index in [-0.39, 0.29) is 11.7 Å². The van der Waals surface area contributed by atoms with Crippen LogP contribution in [0.4, 0.5) is 8.78 Å². The van der Waals surface area contributed by atoms with Gasteiger partial charge in [-0.05, 0) is 38.1 Å². The van der Waals surface area contributed by atoms with Crippen molar-refractivity contribution < 1.29 is 13.6 Å². The van der Waals surface area contributed by atoms with Crippen LogP contribution in [0.3, 0.4) is 0 Å². The summed E-state index contributed by atoms with van der Waals surface area (Å²) < 4.78 is 27.8. The van der Waals surface area contributed by atoms with Crippen LogP contribution in [-0.2, 0) is 0 Å². The largest absolute Gasteiger partial charge is 0.345 e. The van der Waals surface area contributed by atoms with Gasteiger partial charge in [0.2, 0.25) is 0 Å². The molecule has 0 bridgehead atoms. The summed E-state index contributed by atoms with van der Waals surface area (Å²) >= 11 is 3.26. The number of benzene rings is 2. The smallest absolute Gasteiger partial charge is 0.251 e. The normalized spacial score (nSPS) is 13.5. The van der Waals surface area contributed by atoms with Crippen LogP contribution < -0.4 is 5.32 Å². The van der Waals surface area contributed by atoms with Gasteiger partial charge in [0, 0.05) is 21.2 Å². The van der Waals surface area contributed by atoms with Crippen LogP contribution in [0.1, 0.15) is 47.5 Å². The second-order valence-corrected chi connectivity index (χ2v) is 5.92. The van der Waals surface area contributed by atoms with Crippen LogP contribution in [0.25, 0.3) is 0 Å². The van der Waals surface area contributed by atoms with Crippen molar-refractivity contribution in [3.63, 3.8) is 0 Å². The van der Waals surface area contributed by atoms with Gasteiger partial charge in [0.1, 0.15) is 12.0 Å². The fraction of sp³-hybridized carbons (Fsp3) is 0.235. The first-order chi connectivity index (χ1) is 10.4. The third-order valence-corrected chi connectivity index (χ3v) is 4.13. The quantitative estimate of drug-likeness (QED) is 0.799. The predicted octanol–water partition coefficient (Wildman–Crippen LogP) is 5.11. The molecule has 0 aromatic heterocycles. The molecular formula is C17H16BrF2NO. The first kappa shape index (κ1) is 16.6. The summed E-state index contributed by atoms with van der Waals surface area (Å²) in [4.78, 5) is 12.3. The highest BCUT2D eigenvalue weighted by atomic mass is 79.9. The maximum Gasteiger partial charge on any atom is 0.251 e. The Kier molecular flexibility index (Phi) is 5.29. The number of rotatable bonds is 4. The van der Waals surface area contributed by atoms with Crippen molar-refractivity contribution in [3.8, 4) is 0 Å². The van der Waals surface area contributed by atoms with Gasteiger partial charge in [-0.15, -0.1) is 0 Å². The summed E-state index contributed by atoms with van der Waals surface area (Å²) in [6.45, 7) is 3.11. The summed E-state index contributed by atoms with van der Waals surface area (Å²) in [5.74, 6) is -0.741. The molecule has 1 N–H and O–H groups in total. The molecule has 1 amide bonds. The highest BCUT2D eigenvalue weighted by molar-refractivity contribution is 9.10. The van der Waals surface area contributed by atoms with Gasteiger partial charge >= 0.3 is 0 Å². The lowest BCUT2D eigenvalue weighted by Crippen LogP contribution is -2.27. The van der Waals surface area contributed by atoms with E-state index in [0.29, 0.717) is 21.2 Å². The minimum absolute atomic E-state index is 0.339. The van der Waals surface area contributed by atoms with E-state index >= 15 is 0 Å². The first-order valence-corrected chi connectivity index (χ1v) is 7.68. The summed E-state index contributed by atoms with van der Waals surface area (Å²) in [6.07, 6.45) is -1.19. The van der Waals surface area contributed by atoms with Crippen molar-refractivity contribution in [3.05, 3.63) is 69.4 Å². The van der Waals surface area contributed by atoms with E-state index in [4.69, 9.17) is 0 Å². The van der Waals surface area contributed by atoms with Crippen LogP contribution in [0.2, 0.25) is 0 Å². The Hall–Kier alpha value is -1.75. The van der Waals surface area contributed by atoms with E-state index in [1.807, 2.05) is 0 Å². The topological polar surface area (TPSA) is 29.1 Å². The molecule has 0 spiro atoms. The zero-order chi connectivity index (χ0) is 16.3. The van der Waals surface area contributed by atoms with E-state index in [2.05, 4.69) is 21.2 Å². The minimum Gasteiger partial charge on any atom is -0.345 e. The highest BCUT2D eigenvalue weighted by Crippen LogP contribution is 2.27. The number of hydrogen-bond donors (Lipinski definition) is 1. The molecule has 2 nitrogen and oxygen atoms in total. The standard InChI is InChI=1S/C17H16BrF2NO/c1-10(19)14-9-12(7-8-15(14)18)17(22)21-11(2)13-5-3-4-6-16(13)20/h3-11H,1-2H3,(H,21,22). The Balaban J connectivity index is 2.19. The third-order valence-electron chi connectivity index (χ3n) is 3.41. The van der Waals surface area contributed by atoms with Gasteiger partial charge in [0.05, 0.1) is 6.04 Å². The number of carbonyl (C=O) groups is 1. The molecule has 5 heteroatoms. The van der Waals surface area contributed by atoms with Gasteiger partial charge in [0.25, 0.3) is 5.91 Å². The predicted molar refractivity (Wildman–Crippen MR) is 85.9 cm³/mol. The molecule has 2 atom stereocenters. The number of alkyl halides is 1. The van der Waals surface area contributed by atoms with E-state index in [1.165, 1.54) is 19.1 Å². The second-order valence-electron chi connectivity index (χ2n) is 5.07. The Bertz CT molecular complexity index is 688. The van der Waals surface area contributed by atoms with Crippen LogP contribution >= 0.6 is 15.9 Å². The summed E-state index contributed by atoms with van der Waals surface area (Å²) in [5.41, 5.74) is 1.16. The fourth-order valence-electron chi connectivity index (χ4n) is 2.17. The number of nitrogens with one attached hydrogen (secondary N) is 1. The summed E-state index contributed by atoms with van der Waals surface area (Å²) in [7, 11) is 0. The summed E-state index contributed by atoms with van der Waals surface area (Å²) in [6, 6.07) is 10.5. The molecule has 0 aliphatic heterocycles. The van der Waals surface area contributed by atoms with Gasteiger partial charge in [-0.1, -0.05) is 34.1 Å². The second kappa shape index (κ2) is 7.01. The molecule has 0 aliphatic carbocycles. The van der Waals surface area contributed by atoms with Crippen molar-refractivity contribution in [2.45, 2.75) is 26.1 Å². The molecule has 116 valence electrons. The maximum atomic E-state index is 13.7. The monoisotopic (exact) mass is 367 g/mol. The zero-order valence-electron chi connectivity index (χ0n) is 12.2. The average molecular weight is 368 g/mol. The minimum atomic E-state index is -1.19. The SMILES string of the molecule is CC(F)c1cc(C(=O)NC(C)c2ccccc2F)ccc1Br. The Morgan fingerprint density at radius 2 is 1.82 bits per heavy atom. The third kappa shape index (κ3) is 3.71. The number of halogens is 3. The van der Waals surface area contributed by atoms with Gasteiger partial charge in [0.15, 0.2) is 0 Å². The number of carbonyl (C=O) groups excluding carboxylic acids is 1. The van der Waals surface area contributed by atoms with Gasteiger partial charge in [-0.2, -0.15) is 0 Å². The molecule has 0 heterocycles. The molecule has 2 aromatic rings. The van der Waals surface area contributed by atoms with Crippen molar-refractivity contribution in [1.82, 2.24) is 5.32 Å². The Morgan fingerprint density at radius 3 is 2.45 bits per heavy atom. The molecule has 0 aliphatic rings. The fourth-order valence-corrected chi connectivity index (χ4v) is 2.74. The van der Waals surface area contributed by atoms with E-state index < -0.39 is 12.2 Å². The first-order valence-electron chi connectivity index (χ1n) is 6.89. The number of amides is 1. The molecular weight excluding hydrogens is 352 g/mol. The average Bonchev–Trinajstić information content (AvgIpc) is 2.47. The lowest BCUT2D eigenvalue weighted by molar-refractivity contribution is 0.0939. The zero-order valence-corrected chi connectivity index (χ0v) is 13.8. The lowest BCUT2D eigenvalue weighted by atomic mass is 10.1. The van der Waals surface area contributed by atoms with E-state index in [9.17, 15) is 13.6 Å². The molecule has 2 rings (SSSR count). The van der Waals surface area contributed by atoms with Gasteiger partial charge < -0.3 is 5.32 Å². The van der Waals surface area contributed by atoms with Crippen LogP contribution in [0, 0.1) is 5.82 Å². The van der Waals surface area contributed by atoms with Crippen molar-refractivity contribution in [1.29, 1.82) is 0 Å². The molecule has 2 aromatic carbocycles. The van der Waals surface area contributed by atoms with E-state index in [1.54, 1.807) is 37.3 Å². The maximum absolute atomic E-state index is 13.7. The van der Waals surface area contributed by atoms with Crippen molar-refractivity contribution >= 4 is 21.8 Å². The van der Waals surface area contributed by atoms with Crippen LogP contribution in [0.5, 0.6) is 0 Å². The molecule has 22 heavy (non-hydrogen) atoms. The Morgan fingerprint density at radius 1 is 1.14 bits per heavy atom. The van der Waals surface area contributed by atoms with Crippen LogP contribution in [-0.4, -0.2) is 5.91 Å². The van der Waals surface area contributed by atoms with Crippen LogP contribution in [0.15, 0.2) is 46.9 Å². The molecule has 0 fully saturated rings. The lowest BCUT2D eigenvalue weighted by Gasteiger charge is -2.16. The molecule has 0 saturated carbocycles. The number of hydrogen-bond acceptors (Lipinski definition) is 1. The molecule has 2 unspecified atom stereocenters. The van der Waals surface area contributed by atoms with Crippen molar-refractivity contribution in [2.75, 3.05) is 0 Å². The van der Waals surface area contributed by atoms with E-state index in [0.717, 1.165) is 0 Å². The van der Waals surface area contributed by atoms with Gasteiger partial charge in [-0.3, -0.25) is 4.79 Å². The molecule has 0 radical (unpaired) electrons. The van der Waals surface area contributed by atoms with Gasteiger partial charge in [-0.25, -0.2) is 8.78 Å². The van der Waals surface area contributed by atoms with Crippen molar-refractivity contribution in [2.24, 2.45) is 0 Å². The highest BCUT2D eigenvalue weighted by Gasteiger charge is 2.16.